The number of amides is 1. The lowest BCUT2D eigenvalue weighted by Crippen LogP contribution is -2.64. The maximum Gasteiger partial charge on any atom is 0.407 e. The predicted molar refractivity (Wildman–Crippen MR) is 70.7 cm³/mol. The molecule has 2 atom stereocenters. The Balaban J connectivity index is 2.19. The molecular weight excluding hydrogens is 228 g/mol. The number of nitrogens with zero attached hydrogens (tertiary/aromatic N) is 1. The van der Waals surface area contributed by atoms with Crippen molar-refractivity contribution in [2.75, 3.05) is 13.1 Å². The maximum absolute atomic E-state index is 11.4. The minimum absolute atomic E-state index is 0.213. The molecule has 2 unspecified atom stereocenters. The minimum atomic E-state index is -0.832. The van der Waals surface area contributed by atoms with Gasteiger partial charge in [-0.05, 0) is 25.8 Å². The maximum atomic E-state index is 11.4. The Bertz CT molecular complexity index is 421. The molecule has 0 spiro atoms. The highest BCUT2D eigenvalue weighted by Crippen LogP contribution is 2.24. The lowest BCUT2D eigenvalue weighted by Gasteiger charge is -2.46. The fourth-order valence-electron chi connectivity index (χ4n) is 2.55. The smallest absolute Gasteiger partial charge is 0.407 e. The molecule has 0 aliphatic carbocycles. The van der Waals surface area contributed by atoms with Crippen molar-refractivity contribution in [1.82, 2.24) is 10.2 Å². The van der Waals surface area contributed by atoms with Crippen LogP contribution in [0.25, 0.3) is 0 Å². The van der Waals surface area contributed by atoms with Crippen molar-refractivity contribution in [2.24, 2.45) is 0 Å². The minimum Gasteiger partial charge on any atom is -0.465 e. The second-order valence-electron chi connectivity index (χ2n) is 5.33. The van der Waals surface area contributed by atoms with Gasteiger partial charge in [-0.2, -0.15) is 0 Å². The van der Waals surface area contributed by atoms with Gasteiger partial charge in [0.15, 0.2) is 0 Å². The van der Waals surface area contributed by atoms with E-state index in [1.807, 2.05) is 44.2 Å². The summed E-state index contributed by atoms with van der Waals surface area (Å²) in [6.07, 6.45) is -0.0957. The highest BCUT2D eigenvalue weighted by Gasteiger charge is 2.39. The van der Waals surface area contributed by atoms with Crippen molar-refractivity contribution in [2.45, 2.75) is 31.8 Å². The molecule has 1 aromatic rings. The molecule has 2 rings (SSSR count). The number of hydrogen-bond acceptors (Lipinski definition) is 2. The summed E-state index contributed by atoms with van der Waals surface area (Å²) < 4.78 is 0. The second-order valence-corrected chi connectivity index (χ2v) is 5.33. The lowest BCUT2D eigenvalue weighted by molar-refractivity contribution is 0.0538. The zero-order valence-electron chi connectivity index (χ0n) is 10.9. The molecule has 0 radical (unpaired) electrons. The standard InChI is InChI=1S/C14H20N2O2/c1-11-9-16(13(17)18)14(2,10-15-11)8-12-6-4-3-5-7-12/h3-7,11,15H,8-10H2,1-2H3,(H,17,18). The van der Waals surface area contributed by atoms with E-state index >= 15 is 0 Å². The van der Waals surface area contributed by atoms with Gasteiger partial charge in [0.25, 0.3) is 0 Å². The van der Waals surface area contributed by atoms with Crippen LogP contribution in [0.3, 0.4) is 0 Å². The summed E-state index contributed by atoms with van der Waals surface area (Å²) in [6, 6.07) is 10.3. The van der Waals surface area contributed by atoms with Crippen molar-refractivity contribution < 1.29 is 9.90 Å². The van der Waals surface area contributed by atoms with E-state index in [-0.39, 0.29) is 11.6 Å². The van der Waals surface area contributed by atoms with E-state index < -0.39 is 6.09 Å². The number of piperazine rings is 1. The molecule has 0 saturated carbocycles. The van der Waals surface area contributed by atoms with Crippen LogP contribution < -0.4 is 5.32 Å². The van der Waals surface area contributed by atoms with E-state index in [2.05, 4.69) is 5.32 Å². The first-order valence-corrected chi connectivity index (χ1v) is 6.29. The normalized spacial score (nSPS) is 28.1. The third-order valence-electron chi connectivity index (χ3n) is 3.60. The SMILES string of the molecule is CC1CN(C(=O)O)C(C)(Cc2ccccc2)CN1. The molecule has 1 saturated heterocycles. The predicted octanol–water partition coefficient (Wildman–Crippen LogP) is 1.96. The number of hydrogen-bond donors (Lipinski definition) is 2. The first-order valence-electron chi connectivity index (χ1n) is 6.29. The van der Waals surface area contributed by atoms with Gasteiger partial charge >= 0.3 is 6.09 Å². The molecule has 2 N–H and O–H groups in total. The van der Waals surface area contributed by atoms with Gasteiger partial charge in [-0.1, -0.05) is 30.3 Å². The van der Waals surface area contributed by atoms with Gasteiger partial charge in [-0.25, -0.2) is 4.79 Å². The molecule has 1 aliphatic rings. The van der Waals surface area contributed by atoms with Gasteiger partial charge in [-0.3, -0.25) is 4.90 Å². The fraction of sp³-hybridized carbons (Fsp3) is 0.500. The van der Waals surface area contributed by atoms with Crippen LogP contribution in [-0.2, 0) is 6.42 Å². The summed E-state index contributed by atoms with van der Waals surface area (Å²) >= 11 is 0. The molecule has 1 aliphatic heterocycles. The van der Waals surface area contributed by atoms with Crippen LogP contribution in [-0.4, -0.2) is 40.8 Å². The monoisotopic (exact) mass is 248 g/mol. The highest BCUT2D eigenvalue weighted by atomic mass is 16.4. The first-order chi connectivity index (χ1) is 8.51. The van der Waals surface area contributed by atoms with Crippen molar-refractivity contribution in [1.29, 1.82) is 0 Å². The van der Waals surface area contributed by atoms with Crippen molar-refractivity contribution in [3.63, 3.8) is 0 Å². The molecule has 4 heteroatoms. The summed E-state index contributed by atoms with van der Waals surface area (Å²) in [7, 11) is 0. The topological polar surface area (TPSA) is 52.6 Å². The summed E-state index contributed by atoms with van der Waals surface area (Å²) in [6.45, 7) is 5.25. The number of carboxylic acid groups (broad SMARTS) is 1. The van der Waals surface area contributed by atoms with E-state index in [4.69, 9.17) is 0 Å². The number of rotatable bonds is 2. The summed E-state index contributed by atoms with van der Waals surface area (Å²) in [5.41, 5.74) is 0.794. The molecule has 0 bridgehead atoms. The van der Waals surface area contributed by atoms with Gasteiger partial charge in [0.05, 0.1) is 5.54 Å². The average molecular weight is 248 g/mol. The van der Waals surface area contributed by atoms with E-state index in [1.165, 1.54) is 5.56 Å². The number of benzene rings is 1. The summed E-state index contributed by atoms with van der Waals surface area (Å²) in [4.78, 5) is 13.0. The van der Waals surface area contributed by atoms with Crippen LogP contribution in [0.2, 0.25) is 0 Å². The Morgan fingerprint density at radius 2 is 2.17 bits per heavy atom. The van der Waals surface area contributed by atoms with Crippen LogP contribution in [0.5, 0.6) is 0 Å². The Hall–Kier alpha value is -1.55. The molecule has 0 aromatic heterocycles. The van der Waals surface area contributed by atoms with Crippen LogP contribution in [0.1, 0.15) is 19.4 Å². The lowest BCUT2D eigenvalue weighted by atomic mass is 9.88. The molecule has 1 heterocycles. The molecule has 18 heavy (non-hydrogen) atoms. The summed E-state index contributed by atoms with van der Waals surface area (Å²) in [5.74, 6) is 0. The van der Waals surface area contributed by atoms with E-state index in [0.717, 1.165) is 6.42 Å². The third kappa shape index (κ3) is 2.64. The van der Waals surface area contributed by atoms with Gasteiger partial charge in [0.2, 0.25) is 0 Å². The second kappa shape index (κ2) is 4.98. The zero-order chi connectivity index (χ0) is 13.2. The van der Waals surface area contributed by atoms with Crippen LogP contribution in [0.15, 0.2) is 30.3 Å². The number of carbonyl (C=O) groups is 1. The van der Waals surface area contributed by atoms with Crippen molar-refractivity contribution >= 4 is 6.09 Å². The Kier molecular flexibility index (Phi) is 3.57. The molecule has 1 aromatic carbocycles. The van der Waals surface area contributed by atoms with Gasteiger partial charge in [0.1, 0.15) is 0 Å². The first kappa shape index (κ1) is 12.9. The Morgan fingerprint density at radius 1 is 1.50 bits per heavy atom. The van der Waals surface area contributed by atoms with Crippen LogP contribution >= 0.6 is 0 Å². The van der Waals surface area contributed by atoms with Gasteiger partial charge in [0, 0.05) is 19.1 Å². The molecule has 1 fully saturated rings. The van der Waals surface area contributed by atoms with Crippen molar-refractivity contribution in [3.05, 3.63) is 35.9 Å². The number of nitrogens with one attached hydrogen (secondary N) is 1. The molecular formula is C14H20N2O2. The fourth-order valence-corrected chi connectivity index (χ4v) is 2.55. The third-order valence-corrected chi connectivity index (χ3v) is 3.60. The van der Waals surface area contributed by atoms with Crippen molar-refractivity contribution in [3.8, 4) is 0 Å². The average Bonchev–Trinajstić information content (AvgIpc) is 2.33. The van der Waals surface area contributed by atoms with E-state index in [0.29, 0.717) is 13.1 Å². The Morgan fingerprint density at radius 3 is 2.78 bits per heavy atom. The Labute approximate surface area is 108 Å². The summed E-state index contributed by atoms with van der Waals surface area (Å²) in [5, 5.41) is 12.7. The van der Waals surface area contributed by atoms with Gasteiger partial charge < -0.3 is 10.4 Å². The van der Waals surface area contributed by atoms with E-state index in [9.17, 15) is 9.90 Å². The largest absolute Gasteiger partial charge is 0.465 e. The molecule has 98 valence electrons. The molecule has 1 amide bonds. The highest BCUT2D eigenvalue weighted by molar-refractivity contribution is 5.66. The van der Waals surface area contributed by atoms with Gasteiger partial charge in [-0.15, -0.1) is 0 Å². The van der Waals surface area contributed by atoms with E-state index in [1.54, 1.807) is 4.90 Å². The molecule has 4 nitrogen and oxygen atoms in total. The zero-order valence-corrected chi connectivity index (χ0v) is 10.9. The quantitative estimate of drug-likeness (QED) is 0.841. The van der Waals surface area contributed by atoms with Crippen LogP contribution in [0.4, 0.5) is 4.79 Å². The van der Waals surface area contributed by atoms with Crippen LogP contribution in [0, 0.1) is 0 Å².